The molecule has 1 saturated heterocycles. The monoisotopic (exact) mass is 236 g/mol. The number of piperidine rings is 1. The molecule has 2 rings (SSSR count). The minimum absolute atomic E-state index is 0.293. The highest BCUT2D eigenvalue weighted by Crippen LogP contribution is 2.34. The topological polar surface area (TPSA) is 52.9 Å². The fourth-order valence-electron chi connectivity index (χ4n) is 2.20. The summed E-state index contributed by atoms with van der Waals surface area (Å²) >= 11 is 0. The van der Waals surface area contributed by atoms with Gasteiger partial charge in [0, 0.05) is 13.0 Å². The second kappa shape index (κ2) is 3.64. The highest BCUT2D eigenvalue weighted by Gasteiger charge is 2.54. The van der Waals surface area contributed by atoms with Crippen LogP contribution >= 0.6 is 0 Å². The lowest BCUT2D eigenvalue weighted by molar-refractivity contribution is -0.168. The summed E-state index contributed by atoms with van der Waals surface area (Å²) in [7, 11) is 0. The molecular weight excluding hydrogens is 225 g/mol. The second-order valence-corrected chi connectivity index (χ2v) is 3.97. The van der Waals surface area contributed by atoms with E-state index in [2.05, 4.69) is 4.99 Å². The number of rotatable bonds is 1. The van der Waals surface area contributed by atoms with E-state index < -0.39 is 24.2 Å². The molecule has 2 atom stereocenters. The number of alkyl halides is 3. The molecule has 1 N–H and O–H groups in total. The first-order valence-corrected chi connectivity index (χ1v) is 5.04. The molecular formula is C9H11F3N2O2. The van der Waals surface area contributed by atoms with Crippen LogP contribution in [0.4, 0.5) is 13.2 Å². The first-order valence-electron chi connectivity index (χ1n) is 5.04. The quantitative estimate of drug-likeness (QED) is 0.745. The maximum Gasteiger partial charge on any atom is 0.413 e. The molecule has 16 heavy (non-hydrogen) atoms. The van der Waals surface area contributed by atoms with Crippen molar-refractivity contribution in [1.82, 2.24) is 4.90 Å². The van der Waals surface area contributed by atoms with E-state index in [1.165, 1.54) is 4.90 Å². The largest absolute Gasteiger partial charge is 0.480 e. The maximum atomic E-state index is 12.6. The van der Waals surface area contributed by atoms with Crippen LogP contribution in [0.1, 0.15) is 19.3 Å². The summed E-state index contributed by atoms with van der Waals surface area (Å²) in [6.45, 7) is 0.350. The van der Waals surface area contributed by atoms with Crippen LogP contribution in [-0.2, 0) is 4.79 Å². The molecule has 0 aliphatic carbocycles. The number of fused-ring (bicyclic) bond motifs is 1. The number of carboxylic acids is 1. The average molecular weight is 236 g/mol. The minimum Gasteiger partial charge on any atom is -0.480 e. The summed E-state index contributed by atoms with van der Waals surface area (Å²) in [5.74, 6) is -1.16. The summed E-state index contributed by atoms with van der Waals surface area (Å²) in [6.07, 6.45) is -2.66. The molecule has 2 aliphatic rings. The van der Waals surface area contributed by atoms with E-state index in [0.717, 1.165) is 6.42 Å². The Hall–Kier alpha value is -1.27. The van der Waals surface area contributed by atoms with Gasteiger partial charge in [0.15, 0.2) is 12.1 Å². The highest BCUT2D eigenvalue weighted by molar-refractivity contribution is 5.91. The van der Waals surface area contributed by atoms with Gasteiger partial charge in [-0.1, -0.05) is 0 Å². The number of amidine groups is 1. The van der Waals surface area contributed by atoms with E-state index in [1.807, 2.05) is 0 Å². The van der Waals surface area contributed by atoms with Crippen LogP contribution in [-0.4, -0.2) is 46.6 Å². The van der Waals surface area contributed by atoms with Crippen molar-refractivity contribution in [3.05, 3.63) is 0 Å². The molecule has 0 spiro atoms. The van der Waals surface area contributed by atoms with Crippen LogP contribution in [0.2, 0.25) is 0 Å². The van der Waals surface area contributed by atoms with Crippen LogP contribution in [0.25, 0.3) is 0 Å². The van der Waals surface area contributed by atoms with Crippen LogP contribution < -0.4 is 0 Å². The SMILES string of the molecule is O=C(O)C1C(C(F)(F)F)N=C2CCCCN21. The van der Waals surface area contributed by atoms with Crippen molar-refractivity contribution in [3.63, 3.8) is 0 Å². The molecule has 0 bridgehead atoms. The van der Waals surface area contributed by atoms with Gasteiger partial charge in [0.05, 0.1) is 0 Å². The second-order valence-electron chi connectivity index (χ2n) is 3.97. The molecule has 0 amide bonds. The lowest BCUT2D eigenvalue weighted by atomic mass is 10.1. The predicted octanol–water partition coefficient (Wildman–Crippen LogP) is 1.27. The third-order valence-electron chi connectivity index (χ3n) is 2.89. The summed E-state index contributed by atoms with van der Waals surface area (Å²) in [4.78, 5) is 15.7. The van der Waals surface area contributed by atoms with Gasteiger partial charge in [-0.25, -0.2) is 4.79 Å². The van der Waals surface area contributed by atoms with E-state index in [1.54, 1.807) is 0 Å². The van der Waals surface area contributed by atoms with Gasteiger partial charge >= 0.3 is 12.1 Å². The predicted molar refractivity (Wildman–Crippen MR) is 49.3 cm³/mol. The van der Waals surface area contributed by atoms with Crippen LogP contribution in [0, 0.1) is 0 Å². The van der Waals surface area contributed by atoms with Crippen molar-refractivity contribution >= 4 is 11.8 Å². The van der Waals surface area contributed by atoms with Gasteiger partial charge in [-0.3, -0.25) is 4.99 Å². The van der Waals surface area contributed by atoms with E-state index >= 15 is 0 Å². The van der Waals surface area contributed by atoms with Crippen molar-refractivity contribution in [1.29, 1.82) is 0 Å². The molecule has 0 radical (unpaired) electrons. The molecule has 2 aliphatic heterocycles. The van der Waals surface area contributed by atoms with Gasteiger partial charge in [0.1, 0.15) is 5.84 Å². The number of halogens is 3. The molecule has 90 valence electrons. The Morgan fingerprint density at radius 3 is 2.69 bits per heavy atom. The molecule has 7 heteroatoms. The van der Waals surface area contributed by atoms with Gasteiger partial charge in [-0.05, 0) is 12.8 Å². The Labute approximate surface area is 89.8 Å². The Morgan fingerprint density at radius 2 is 2.12 bits per heavy atom. The Bertz CT molecular complexity index is 340. The standard InChI is InChI=1S/C9H11F3N2O2/c10-9(11,12)7-6(8(15)16)14-4-2-1-3-5(14)13-7/h6-7H,1-4H2,(H,15,16). The number of nitrogens with zero attached hydrogens (tertiary/aromatic N) is 2. The van der Waals surface area contributed by atoms with E-state index in [-0.39, 0.29) is 0 Å². The van der Waals surface area contributed by atoms with Crippen LogP contribution in [0.5, 0.6) is 0 Å². The summed E-state index contributed by atoms with van der Waals surface area (Å²) in [6, 6.07) is -3.69. The number of carbonyl (C=O) groups is 1. The van der Waals surface area contributed by atoms with Gasteiger partial charge < -0.3 is 10.0 Å². The Kier molecular flexibility index (Phi) is 2.55. The summed E-state index contributed by atoms with van der Waals surface area (Å²) in [5, 5.41) is 8.87. The van der Waals surface area contributed by atoms with Crippen molar-refractivity contribution in [2.75, 3.05) is 6.54 Å². The molecule has 0 aromatic rings. The van der Waals surface area contributed by atoms with Gasteiger partial charge in [0.25, 0.3) is 0 Å². The van der Waals surface area contributed by atoms with Crippen molar-refractivity contribution < 1.29 is 23.1 Å². The lowest BCUT2D eigenvalue weighted by Crippen LogP contribution is -2.51. The normalized spacial score (nSPS) is 29.9. The molecule has 2 unspecified atom stereocenters. The average Bonchev–Trinajstić information content (AvgIpc) is 2.55. The number of aliphatic imine (C=N–C) groups is 1. The fourth-order valence-corrected chi connectivity index (χ4v) is 2.20. The zero-order valence-corrected chi connectivity index (χ0v) is 8.37. The molecule has 4 nitrogen and oxygen atoms in total. The third-order valence-corrected chi connectivity index (χ3v) is 2.89. The first-order chi connectivity index (χ1) is 7.41. The smallest absolute Gasteiger partial charge is 0.413 e. The van der Waals surface area contributed by atoms with Gasteiger partial charge in [0.2, 0.25) is 0 Å². The van der Waals surface area contributed by atoms with E-state index in [0.29, 0.717) is 25.2 Å². The lowest BCUT2D eigenvalue weighted by Gasteiger charge is -2.30. The van der Waals surface area contributed by atoms with Crippen molar-refractivity contribution in [2.45, 2.75) is 37.5 Å². The molecule has 2 heterocycles. The third kappa shape index (κ3) is 1.74. The summed E-state index contributed by atoms with van der Waals surface area (Å²) in [5.41, 5.74) is 0. The molecule has 0 aromatic heterocycles. The minimum atomic E-state index is -4.59. The zero-order valence-electron chi connectivity index (χ0n) is 8.37. The van der Waals surface area contributed by atoms with Gasteiger partial charge in [-0.2, -0.15) is 13.2 Å². The van der Waals surface area contributed by atoms with E-state index in [9.17, 15) is 18.0 Å². The van der Waals surface area contributed by atoms with Crippen molar-refractivity contribution in [2.24, 2.45) is 4.99 Å². The number of carboxylic acid groups (broad SMARTS) is 1. The number of hydrogen-bond acceptors (Lipinski definition) is 3. The number of aliphatic carboxylic acids is 1. The zero-order chi connectivity index (χ0) is 11.9. The number of hydrogen-bond donors (Lipinski definition) is 1. The highest BCUT2D eigenvalue weighted by atomic mass is 19.4. The Morgan fingerprint density at radius 1 is 1.44 bits per heavy atom. The van der Waals surface area contributed by atoms with Crippen molar-refractivity contribution in [3.8, 4) is 0 Å². The van der Waals surface area contributed by atoms with Crippen LogP contribution in [0.3, 0.4) is 0 Å². The summed E-state index contributed by atoms with van der Waals surface area (Å²) < 4.78 is 37.8. The molecule has 0 aromatic carbocycles. The maximum absolute atomic E-state index is 12.6. The van der Waals surface area contributed by atoms with Crippen LogP contribution in [0.15, 0.2) is 4.99 Å². The van der Waals surface area contributed by atoms with E-state index in [4.69, 9.17) is 5.11 Å². The fraction of sp³-hybridized carbons (Fsp3) is 0.778. The molecule has 0 saturated carbocycles. The molecule has 1 fully saturated rings. The van der Waals surface area contributed by atoms with Gasteiger partial charge in [-0.15, -0.1) is 0 Å². The Balaban J connectivity index is 2.30. The first kappa shape index (κ1) is 11.2.